The molecular weight excluding hydrogens is 244 g/mol. The Kier molecular flexibility index (Phi) is 3.94. The quantitative estimate of drug-likeness (QED) is 0.773. The van der Waals surface area contributed by atoms with Gasteiger partial charge in [0.05, 0.1) is 0 Å². The Morgan fingerprint density at radius 2 is 2.00 bits per heavy atom. The van der Waals surface area contributed by atoms with E-state index in [0.29, 0.717) is 17.3 Å². The van der Waals surface area contributed by atoms with Gasteiger partial charge in [-0.25, -0.2) is 0 Å². The van der Waals surface area contributed by atoms with E-state index in [0.717, 1.165) is 0 Å². The molecule has 1 aromatic carbocycles. The summed E-state index contributed by atoms with van der Waals surface area (Å²) in [5.41, 5.74) is 1.81. The molecule has 0 saturated heterocycles. The van der Waals surface area contributed by atoms with Crippen LogP contribution >= 0.6 is 0 Å². The zero-order valence-electron chi connectivity index (χ0n) is 11.2. The van der Waals surface area contributed by atoms with Crippen LogP contribution in [0, 0.1) is 6.92 Å². The Hall–Kier alpha value is -2.17. The van der Waals surface area contributed by atoms with Gasteiger partial charge in [-0.2, -0.15) is 4.98 Å². The summed E-state index contributed by atoms with van der Waals surface area (Å²) in [5.74, 6) is 0.802. The highest BCUT2D eigenvalue weighted by molar-refractivity contribution is 5.97. The second-order valence-electron chi connectivity index (χ2n) is 4.60. The van der Waals surface area contributed by atoms with Crippen LogP contribution < -0.4 is 4.74 Å². The molecule has 0 aliphatic heterocycles. The van der Waals surface area contributed by atoms with E-state index in [1.165, 1.54) is 5.56 Å². The maximum absolute atomic E-state index is 11.9. The topological polar surface area (TPSA) is 65.2 Å². The van der Waals surface area contributed by atoms with Crippen molar-refractivity contribution < 1.29 is 14.1 Å². The first kappa shape index (κ1) is 13.3. The van der Waals surface area contributed by atoms with E-state index >= 15 is 0 Å². The lowest BCUT2D eigenvalue weighted by Crippen LogP contribution is -2.11. The summed E-state index contributed by atoms with van der Waals surface area (Å²) in [6, 6.07) is 7.52. The molecule has 0 aliphatic carbocycles. The highest BCUT2D eigenvalue weighted by atomic mass is 16.6. The van der Waals surface area contributed by atoms with E-state index in [-0.39, 0.29) is 18.5 Å². The lowest BCUT2D eigenvalue weighted by Gasteiger charge is -2.06. The van der Waals surface area contributed by atoms with Gasteiger partial charge in [0.25, 0.3) is 0 Å². The van der Waals surface area contributed by atoms with Gasteiger partial charge in [-0.15, -0.1) is 0 Å². The van der Waals surface area contributed by atoms with Crippen molar-refractivity contribution >= 4 is 5.78 Å². The largest absolute Gasteiger partial charge is 0.440 e. The SMILES string of the molecule is Cc1noc(OCC(=O)c2ccc(C(C)C)cc2)n1. The van der Waals surface area contributed by atoms with Crippen LogP contribution in [0.1, 0.15) is 41.5 Å². The average molecular weight is 260 g/mol. The van der Waals surface area contributed by atoms with E-state index in [9.17, 15) is 4.79 Å². The first-order valence-corrected chi connectivity index (χ1v) is 6.12. The molecule has 1 aromatic heterocycles. The second kappa shape index (κ2) is 5.65. The molecule has 0 radical (unpaired) electrons. The number of benzene rings is 1. The van der Waals surface area contributed by atoms with Crippen molar-refractivity contribution in [2.24, 2.45) is 0 Å². The van der Waals surface area contributed by atoms with Gasteiger partial charge >= 0.3 is 6.08 Å². The fourth-order valence-corrected chi connectivity index (χ4v) is 1.60. The van der Waals surface area contributed by atoms with E-state index in [1.807, 2.05) is 12.1 Å². The smallest absolute Gasteiger partial charge is 0.417 e. The number of ketones is 1. The number of ether oxygens (including phenoxy) is 1. The predicted molar refractivity (Wildman–Crippen MR) is 69.4 cm³/mol. The first-order valence-electron chi connectivity index (χ1n) is 6.12. The molecule has 100 valence electrons. The van der Waals surface area contributed by atoms with Gasteiger partial charge in [0.15, 0.2) is 18.2 Å². The van der Waals surface area contributed by atoms with Crippen LogP contribution in [0.4, 0.5) is 0 Å². The van der Waals surface area contributed by atoms with Crippen LogP contribution in [0.15, 0.2) is 28.8 Å². The zero-order chi connectivity index (χ0) is 13.8. The molecule has 0 N–H and O–H groups in total. The first-order chi connectivity index (χ1) is 9.06. The molecule has 19 heavy (non-hydrogen) atoms. The number of nitrogens with zero attached hydrogens (tertiary/aromatic N) is 2. The third-order valence-electron chi connectivity index (χ3n) is 2.74. The monoisotopic (exact) mass is 260 g/mol. The number of carbonyl (C=O) groups is 1. The highest BCUT2D eigenvalue weighted by Gasteiger charge is 2.10. The molecule has 0 amide bonds. The molecule has 0 atom stereocenters. The van der Waals surface area contributed by atoms with Gasteiger partial charge < -0.3 is 4.74 Å². The minimum Gasteiger partial charge on any atom is -0.440 e. The minimum absolute atomic E-state index is 0.0182. The van der Waals surface area contributed by atoms with Crippen LogP contribution in [-0.2, 0) is 0 Å². The third kappa shape index (κ3) is 3.40. The molecule has 0 aliphatic rings. The Morgan fingerprint density at radius 3 is 2.53 bits per heavy atom. The number of aromatic nitrogens is 2. The van der Waals surface area contributed by atoms with E-state index < -0.39 is 0 Å². The van der Waals surface area contributed by atoms with E-state index in [4.69, 9.17) is 9.26 Å². The molecule has 0 bridgehead atoms. The summed E-state index contributed by atoms with van der Waals surface area (Å²) in [7, 11) is 0. The zero-order valence-corrected chi connectivity index (χ0v) is 11.2. The summed E-state index contributed by atoms with van der Waals surface area (Å²) in [4.78, 5) is 15.8. The molecule has 0 fully saturated rings. The van der Waals surface area contributed by atoms with Gasteiger partial charge in [-0.1, -0.05) is 43.3 Å². The number of hydrogen-bond donors (Lipinski definition) is 0. The fraction of sp³-hybridized carbons (Fsp3) is 0.357. The normalized spacial score (nSPS) is 10.7. The molecule has 5 nitrogen and oxygen atoms in total. The van der Waals surface area contributed by atoms with Gasteiger partial charge in [0, 0.05) is 5.56 Å². The number of aryl methyl sites for hydroxylation is 1. The van der Waals surface area contributed by atoms with Crippen molar-refractivity contribution in [1.82, 2.24) is 10.1 Å². The van der Waals surface area contributed by atoms with Crippen molar-refractivity contribution in [2.45, 2.75) is 26.7 Å². The molecular formula is C14H16N2O3. The van der Waals surface area contributed by atoms with Crippen LogP contribution in [0.5, 0.6) is 6.08 Å². The van der Waals surface area contributed by atoms with Crippen molar-refractivity contribution in [3.63, 3.8) is 0 Å². The van der Waals surface area contributed by atoms with Gasteiger partial charge in [-0.3, -0.25) is 9.32 Å². The maximum atomic E-state index is 11.9. The van der Waals surface area contributed by atoms with E-state index in [2.05, 4.69) is 24.0 Å². The standard InChI is InChI=1S/C14H16N2O3/c1-9(2)11-4-6-12(7-5-11)13(17)8-18-14-15-10(3)16-19-14/h4-7,9H,8H2,1-3H3. The van der Waals surface area contributed by atoms with Crippen LogP contribution in [-0.4, -0.2) is 22.5 Å². The lowest BCUT2D eigenvalue weighted by molar-refractivity contribution is 0.0884. The number of carbonyl (C=O) groups excluding carboxylic acids is 1. The van der Waals surface area contributed by atoms with Crippen LogP contribution in [0.25, 0.3) is 0 Å². The minimum atomic E-state index is -0.119. The molecule has 5 heteroatoms. The summed E-state index contributed by atoms with van der Waals surface area (Å²) >= 11 is 0. The molecule has 0 spiro atoms. The maximum Gasteiger partial charge on any atom is 0.417 e. The van der Waals surface area contributed by atoms with E-state index in [1.54, 1.807) is 19.1 Å². The van der Waals surface area contributed by atoms with Crippen molar-refractivity contribution in [2.75, 3.05) is 6.61 Å². The highest BCUT2D eigenvalue weighted by Crippen LogP contribution is 2.15. The van der Waals surface area contributed by atoms with Crippen molar-refractivity contribution in [1.29, 1.82) is 0 Å². The Labute approximate surface area is 111 Å². The van der Waals surface area contributed by atoms with Crippen molar-refractivity contribution in [3.8, 4) is 6.08 Å². The van der Waals surface area contributed by atoms with Gasteiger partial charge in [0.1, 0.15) is 0 Å². The average Bonchev–Trinajstić information content (AvgIpc) is 2.82. The van der Waals surface area contributed by atoms with Crippen LogP contribution in [0.2, 0.25) is 0 Å². The molecule has 1 heterocycles. The molecule has 2 aromatic rings. The number of hydrogen-bond acceptors (Lipinski definition) is 5. The summed E-state index contributed by atoms with van der Waals surface area (Å²) in [5, 5.41) is 3.58. The Morgan fingerprint density at radius 1 is 1.32 bits per heavy atom. The lowest BCUT2D eigenvalue weighted by atomic mass is 10.0. The Bertz CT molecular complexity index is 558. The summed E-state index contributed by atoms with van der Waals surface area (Å²) in [6.07, 6.45) is 0.0182. The number of rotatable bonds is 5. The molecule has 0 saturated carbocycles. The Balaban J connectivity index is 1.96. The molecule has 2 rings (SSSR count). The molecule has 0 unspecified atom stereocenters. The fourth-order valence-electron chi connectivity index (χ4n) is 1.60. The second-order valence-corrected chi connectivity index (χ2v) is 4.60. The van der Waals surface area contributed by atoms with Crippen molar-refractivity contribution in [3.05, 3.63) is 41.2 Å². The van der Waals surface area contributed by atoms with Gasteiger partial charge in [0.2, 0.25) is 0 Å². The number of Topliss-reactive ketones (excluding diaryl/α,β-unsaturated/α-hetero) is 1. The third-order valence-corrected chi connectivity index (χ3v) is 2.74. The van der Waals surface area contributed by atoms with Gasteiger partial charge in [-0.05, 0) is 18.4 Å². The van der Waals surface area contributed by atoms with Crippen LogP contribution in [0.3, 0.4) is 0 Å². The predicted octanol–water partition coefficient (Wildman–Crippen LogP) is 2.76. The summed E-state index contributed by atoms with van der Waals surface area (Å²) < 4.78 is 9.90. The summed E-state index contributed by atoms with van der Waals surface area (Å²) in [6.45, 7) is 5.79.